The zero-order valence-electron chi connectivity index (χ0n) is 14.5. The van der Waals surface area contributed by atoms with Gasteiger partial charge in [-0.15, -0.1) is 0 Å². The number of carbonyl (C=O) groups is 1. The van der Waals surface area contributed by atoms with E-state index in [1.165, 1.54) is 0 Å². The van der Waals surface area contributed by atoms with Gasteiger partial charge in [-0.1, -0.05) is 30.3 Å². The van der Waals surface area contributed by atoms with E-state index in [2.05, 4.69) is 10.3 Å². The highest BCUT2D eigenvalue weighted by molar-refractivity contribution is 5.75. The number of benzene rings is 1. The van der Waals surface area contributed by atoms with Crippen LogP contribution in [0.5, 0.6) is 0 Å². The molecule has 3 rings (SSSR count). The topological polar surface area (TPSA) is 65.5 Å². The first-order valence-corrected chi connectivity index (χ1v) is 8.85. The second kappa shape index (κ2) is 8.12. The Morgan fingerprint density at radius 1 is 1.24 bits per heavy atom. The van der Waals surface area contributed by atoms with Crippen LogP contribution in [0.1, 0.15) is 49.5 Å². The SMILES string of the molecule is C[C@H](NC(=O)N1CCC[C@H]1C[C@@H](O)c1ccccc1)c1ccncc1. The standard InChI is InChI=1S/C20H25N3O2/c1-15(16-9-11-21-12-10-16)22-20(25)23-13-5-8-18(23)14-19(24)17-6-3-2-4-7-17/h2-4,6-7,9-12,15,18-19,24H,5,8,13-14H2,1H3,(H,22,25)/t15-,18-,19+/m0/s1. The van der Waals surface area contributed by atoms with Crippen LogP contribution in [-0.4, -0.2) is 33.6 Å². The quantitative estimate of drug-likeness (QED) is 0.877. The highest BCUT2D eigenvalue weighted by atomic mass is 16.3. The van der Waals surface area contributed by atoms with E-state index in [0.29, 0.717) is 6.42 Å². The number of likely N-dealkylation sites (tertiary alicyclic amines) is 1. The summed E-state index contributed by atoms with van der Waals surface area (Å²) in [6, 6.07) is 13.4. The lowest BCUT2D eigenvalue weighted by Crippen LogP contribution is -2.44. The van der Waals surface area contributed by atoms with Gasteiger partial charge < -0.3 is 15.3 Å². The molecule has 0 unspecified atom stereocenters. The number of aliphatic hydroxyl groups excluding tert-OH is 1. The first-order chi connectivity index (χ1) is 12.1. The monoisotopic (exact) mass is 339 g/mol. The lowest BCUT2D eigenvalue weighted by Gasteiger charge is -2.28. The Balaban J connectivity index is 1.60. The first-order valence-electron chi connectivity index (χ1n) is 8.85. The number of pyridine rings is 1. The van der Waals surface area contributed by atoms with Crippen molar-refractivity contribution in [2.24, 2.45) is 0 Å². The molecule has 1 aliphatic heterocycles. The molecule has 132 valence electrons. The minimum Gasteiger partial charge on any atom is -0.388 e. The molecule has 2 amide bonds. The molecule has 2 heterocycles. The van der Waals surface area contributed by atoms with Crippen LogP contribution in [0.15, 0.2) is 54.9 Å². The Hall–Kier alpha value is -2.40. The predicted molar refractivity (Wildman–Crippen MR) is 96.9 cm³/mol. The molecule has 1 saturated heterocycles. The number of carbonyl (C=O) groups excluding carboxylic acids is 1. The molecule has 1 fully saturated rings. The minimum atomic E-state index is -0.544. The van der Waals surface area contributed by atoms with Crippen LogP contribution in [0, 0.1) is 0 Å². The fourth-order valence-corrected chi connectivity index (χ4v) is 3.42. The molecule has 5 heteroatoms. The maximum Gasteiger partial charge on any atom is 0.318 e. The van der Waals surface area contributed by atoms with Gasteiger partial charge in [-0.3, -0.25) is 4.98 Å². The van der Waals surface area contributed by atoms with Crippen LogP contribution in [-0.2, 0) is 0 Å². The summed E-state index contributed by atoms with van der Waals surface area (Å²) in [6.07, 6.45) is 5.39. The Labute approximate surface area is 148 Å². The van der Waals surface area contributed by atoms with Crippen molar-refractivity contribution >= 4 is 6.03 Å². The van der Waals surface area contributed by atoms with E-state index in [1.807, 2.05) is 54.3 Å². The highest BCUT2D eigenvalue weighted by Gasteiger charge is 2.31. The van der Waals surface area contributed by atoms with Gasteiger partial charge in [0.2, 0.25) is 0 Å². The summed E-state index contributed by atoms with van der Waals surface area (Å²) in [5.41, 5.74) is 1.93. The molecule has 2 aromatic rings. The number of hydrogen-bond acceptors (Lipinski definition) is 3. The van der Waals surface area contributed by atoms with E-state index in [9.17, 15) is 9.90 Å². The van der Waals surface area contributed by atoms with Gasteiger partial charge in [-0.25, -0.2) is 4.79 Å². The van der Waals surface area contributed by atoms with E-state index < -0.39 is 6.10 Å². The van der Waals surface area contributed by atoms with Gasteiger partial charge >= 0.3 is 6.03 Å². The molecular formula is C20H25N3O2. The number of aromatic nitrogens is 1. The van der Waals surface area contributed by atoms with Gasteiger partial charge in [-0.2, -0.15) is 0 Å². The minimum absolute atomic E-state index is 0.0629. The Kier molecular flexibility index (Phi) is 5.66. The van der Waals surface area contributed by atoms with E-state index in [4.69, 9.17) is 0 Å². The van der Waals surface area contributed by atoms with Crippen molar-refractivity contribution in [2.45, 2.75) is 44.4 Å². The number of aliphatic hydroxyl groups is 1. The zero-order chi connectivity index (χ0) is 17.6. The van der Waals surface area contributed by atoms with Gasteiger partial charge in [0.25, 0.3) is 0 Å². The molecule has 0 spiro atoms. The summed E-state index contributed by atoms with van der Waals surface area (Å²) in [6.45, 7) is 2.71. The summed E-state index contributed by atoms with van der Waals surface area (Å²) >= 11 is 0. The predicted octanol–water partition coefficient (Wildman–Crippen LogP) is 3.44. The van der Waals surface area contributed by atoms with Crippen molar-refractivity contribution in [3.05, 3.63) is 66.0 Å². The molecule has 2 N–H and O–H groups in total. The second-order valence-corrected chi connectivity index (χ2v) is 6.60. The molecule has 0 radical (unpaired) electrons. The van der Waals surface area contributed by atoms with Gasteiger partial charge in [0.15, 0.2) is 0 Å². The van der Waals surface area contributed by atoms with Gasteiger partial charge in [0, 0.05) is 25.0 Å². The van der Waals surface area contributed by atoms with Gasteiger partial charge in [0.05, 0.1) is 12.1 Å². The van der Waals surface area contributed by atoms with Crippen molar-refractivity contribution in [1.29, 1.82) is 0 Å². The fourth-order valence-electron chi connectivity index (χ4n) is 3.42. The molecule has 0 saturated carbocycles. The smallest absolute Gasteiger partial charge is 0.318 e. The van der Waals surface area contributed by atoms with E-state index >= 15 is 0 Å². The van der Waals surface area contributed by atoms with Crippen LogP contribution in [0.2, 0.25) is 0 Å². The van der Waals surface area contributed by atoms with Crippen molar-refractivity contribution in [3.63, 3.8) is 0 Å². The largest absolute Gasteiger partial charge is 0.388 e. The summed E-state index contributed by atoms with van der Waals surface area (Å²) in [7, 11) is 0. The molecule has 0 bridgehead atoms. The van der Waals surface area contributed by atoms with Crippen LogP contribution < -0.4 is 5.32 Å². The van der Waals surface area contributed by atoms with Crippen molar-refractivity contribution in [3.8, 4) is 0 Å². The Morgan fingerprint density at radius 3 is 2.68 bits per heavy atom. The number of nitrogens with one attached hydrogen (secondary N) is 1. The third kappa shape index (κ3) is 4.37. The third-order valence-corrected chi connectivity index (χ3v) is 4.86. The molecule has 1 aliphatic rings. The fraction of sp³-hybridized carbons (Fsp3) is 0.400. The van der Waals surface area contributed by atoms with Gasteiger partial charge in [0.1, 0.15) is 0 Å². The zero-order valence-corrected chi connectivity index (χ0v) is 14.5. The van der Waals surface area contributed by atoms with Crippen molar-refractivity contribution in [1.82, 2.24) is 15.2 Å². The third-order valence-electron chi connectivity index (χ3n) is 4.86. The average molecular weight is 339 g/mol. The molecule has 5 nitrogen and oxygen atoms in total. The molecular weight excluding hydrogens is 314 g/mol. The van der Waals surface area contributed by atoms with Crippen LogP contribution in [0.4, 0.5) is 4.79 Å². The second-order valence-electron chi connectivity index (χ2n) is 6.60. The molecule has 0 aliphatic carbocycles. The van der Waals surface area contributed by atoms with E-state index in [1.54, 1.807) is 12.4 Å². The summed E-state index contributed by atoms with van der Waals surface area (Å²) in [4.78, 5) is 18.5. The normalized spacial score (nSPS) is 19.4. The summed E-state index contributed by atoms with van der Waals surface area (Å²) in [5, 5.41) is 13.5. The van der Waals surface area contributed by atoms with Crippen LogP contribution in [0.3, 0.4) is 0 Å². The maximum absolute atomic E-state index is 12.7. The summed E-state index contributed by atoms with van der Waals surface area (Å²) in [5.74, 6) is 0. The Morgan fingerprint density at radius 2 is 1.96 bits per heavy atom. The number of urea groups is 1. The first kappa shape index (κ1) is 17.4. The molecule has 3 atom stereocenters. The maximum atomic E-state index is 12.7. The van der Waals surface area contributed by atoms with Crippen LogP contribution in [0.25, 0.3) is 0 Å². The van der Waals surface area contributed by atoms with Crippen molar-refractivity contribution in [2.75, 3.05) is 6.54 Å². The molecule has 25 heavy (non-hydrogen) atoms. The van der Waals surface area contributed by atoms with Crippen LogP contribution >= 0.6 is 0 Å². The number of nitrogens with zero attached hydrogens (tertiary/aromatic N) is 2. The summed E-state index contributed by atoms with van der Waals surface area (Å²) < 4.78 is 0. The number of amides is 2. The molecule has 1 aromatic carbocycles. The lowest BCUT2D eigenvalue weighted by molar-refractivity contribution is 0.125. The highest BCUT2D eigenvalue weighted by Crippen LogP contribution is 2.27. The lowest BCUT2D eigenvalue weighted by atomic mass is 10.0. The Bertz CT molecular complexity index is 678. The van der Waals surface area contributed by atoms with Gasteiger partial charge in [-0.05, 0) is 49.4 Å². The molecule has 1 aromatic heterocycles. The number of rotatable bonds is 5. The number of hydrogen-bond donors (Lipinski definition) is 2. The van der Waals surface area contributed by atoms with E-state index in [-0.39, 0.29) is 18.1 Å². The average Bonchev–Trinajstić information content (AvgIpc) is 3.11. The van der Waals surface area contributed by atoms with E-state index in [0.717, 1.165) is 30.5 Å². The van der Waals surface area contributed by atoms with Crippen molar-refractivity contribution < 1.29 is 9.90 Å².